The highest BCUT2D eigenvalue weighted by atomic mass is 16.5. The lowest BCUT2D eigenvalue weighted by molar-refractivity contribution is -0.137. The van der Waals surface area contributed by atoms with E-state index in [1.807, 2.05) is 0 Å². The molecule has 1 aromatic rings. The molecule has 0 aliphatic carbocycles. The number of carboxylic acid groups (broad SMARTS) is 1. The van der Waals surface area contributed by atoms with E-state index in [9.17, 15) is 9.59 Å². The van der Waals surface area contributed by atoms with Crippen molar-refractivity contribution < 1.29 is 24.2 Å². The van der Waals surface area contributed by atoms with Crippen LogP contribution in [0.15, 0.2) is 24.3 Å². The maximum absolute atomic E-state index is 11.9. The first kappa shape index (κ1) is 15.3. The molecule has 1 aliphatic heterocycles. The van der Waals surface area contributed by atoms with Crippen LogP contribution in [0.5, 0.6) is 5.75 Å². The van der Waals surface area contributed by atoms with Gasteiger partial charge in [0.1, 0.15) is 11.9 Å². The summed E-state index contributed by atoms with van der Waals surface area (Å²) in [6, 6.07) is 6.98. The van der Waals surface area contributed by atoms with E-state index in [-0.39, 0.29) is 18.4 Å². The quantitative estimate of drug-likeness (QED) is 0.752. The van der Waals surface area contributed by atoms with Gasteiger partial charge in [0.2, 0.25) is 0 Å². The number of hydrogen-bond acceptors (Lipinski definition) is 4. The molecule has 0 bridgehead atoms. The Hall–Kier alpha value is -2.08. The number of aliphatic carboxylic acids is 1. The van der Waals surface area contributed by atoms with Crippen molar-refractivity contribution in [3.63, 3.8) is 0 Å². The van der Waals surface area contributed by atoms with E-state index in [2.05, 4.69) is 5.32 Å². The van der Waals surface area contributed by atoms with Gasteiger partial charge < -0.3 is 19.9 Å². The molecule has 1 amide bonds. The van der Waals surface area contributed by atoms with Gasteiger partial charge in [-0.25, -0.2) is 0 Å². The van der Waals surface area contributed by atoms with Crippen molar-refractivity contribution >= 4 is 17.6 Å². The third-order valence-electron chi connectivity index (χ3n) is 3.15. The van der Waals surface area contributed by atoms with Crippen LogP contribution in [0.3, 0.4) is 0 Å². The summed E-state index contributed by atoms with van der Waals surface area (Å²) >= 11 is 0. The zero-order valence-corrected chi connectivity index (χ0v) is 11.7. The van der Waals surface area contributed by atoms with E-state index >= 15 is 0 Å². The molecule has 0 spiro atoms. The van der Waals surface area contributed by atoms with Crippen LogP contribution in [-0.4, -0.2) is 36.3 Å². The Labute approximate surface area is 123 Å². The lowest BCUT2D eigenvalue weighted by Crippen LogP contribution is -2.26. The molecule has 0 aromatic heterocycles. The Balaban J connectivity index is 1.76. The first-order chi connectivity index (χ1) is 10.1. The summed E-state index contributed by atoms with van der Waals surface area (Å²) in [5.41, 5.74) is 0.688. The van der Waals surface area contributed by atoms with E-state index in [1.165, 1.54) is 0 Å². The van der Waals surface area contributed by atoms with Gasteiger partial charge >= 0.3 is 5.97 Å². The summed E-state index contributed by atoms with van der Waals surface area (Å²) in [5.74, 6) is -0.302. The number of benzene rings is 1. The van der Waals surface area contributed by atoms with Crippen molar-refractivity contribution in [2.75, 3.05) is 18.5 Å². The smallest absolute Gasteiger partial charge is 0.303 e. The molecule has 6 nitrogen and oxygen atoms in total. The summed E-state index contributed by atoms with van der Waals surface area (Å²) < 4.78 is 10.7. The third kappa shape index (κ3) is 5.07. The van der Waals surface area contributed by atoms with Crippen LogP contribution in [0, 0.1) is 0 Å². The second kappa shape index (κ2) is 7.64. The molecule has 1 aliphatic rings. The maximum atomic E-state index is 11.9. The molecule has 0 saturated carbocycles. The van der Waals surface area contributed by atoms with Gasteiger partial charge in [0, 0.05) is 18.7 Å². The van der Waals surface area contributed by atoms with Gasteiger partial charge in [0.05, 0.1) is 6.61 Å². The number of amides is 1. The third-order valence-corrected chi connectivity index (χ3v) is 3.15. The summed E-state index contributed by atoms with van der Waals surface area (Å²) in [7, 11) is 0. The molecule has 6 heteroatoms. The predicted octanol–water partition coefficient (Wildman–Crippen LogP) is 2.05. The van der Waals surface area contributed by atoms with Gasteiger partial charge in [0.15, 0.2) is 0 Å². The van der Waals surface area contributed by atoms with E-state index in [4.69, 9.17) is 14.6 Å². The average molecular weight is 293 g/mol. The van der Waals surface area contributed by atoms with Crippen LogP contribution < -0.4 is 10.1 Å². The number of carbonyl (C=O) groups excluding carboxylic acids is 1. The summed E-state index contributed by atoms with van der Waals surface area (Å²) in [4.78, 5) is 22.2. The lowest BCUT2D eigenvalue weighted by atomic mass is 10.2. The molecule has 1 aromatic carbocycles. The average Bonchev–Trinajstić information content (AvgIpc) is 2.99. The van der Waals surface area contributed by atoms with Crippen LogP contribution in [0.1, 0.15) is 25.7 Å². The number of carbonyl (C=O) groups is 2. The van der Waals surface area contributed by atoms with Crippen LogP contribution in [0.4, 0.5) is 5.69 Å². The number of nitrogens with one attached hydrogen (secondary N) is 1. The zero-order valence-electron chi connectivity index (χ0n) is 11.7. The van der Waals surface area contributed by atoms with Crippen LogP contribution >= 0.6 is 0 Å². The second-order valence-electron chi connectivity index (χ2n) is 4.86. The molecule has 1 heterocycles. The molecule has 0 radical (unpaired) electrons. The SMILES string of the molecule is O=C(O)CCCOc1ccc(NC(=O)[C@@H]2CCCO2)cc1. The van der Waals surface area contributed by atoms with Crippen molar-refractivity contribution in [3.8, 4) is 5.75 Å². The van der Waals surface area contributed by atoms with Crippen LogP contribution in [0.25, 0.3) is 0 Å². The first-order valence-electron chi connectivity index (χ1n) is 7.02. The molecule has 21 heavy (non-hydrogen) atoms. The van der Waals surface area contributed by atoms with E-state index in [0.717, 1.165) is 12.8 Å². The van der Waals surface area contributed by atoms with Gasteiger partial charge in [-0.05, 0) is 43.5 Å². The van der Waals surface area contributed by atoms with Crippen molar-refractivity contribution in [1.82, 2.24) is 0 Å². The fourth-order valence-electron chi connectivity index (χ4n) is 2.06. The molecule has 1 saturated heterocycles. The van der Waals surface area contributed by atoms with Gasteiger partial charge in [0.25, 0.3) is 5.91 Å². The Morgan fingerprint density at radius 1 is 1.33 bits per heavy atom. The molecule has 2 N–H and O–H groups in total. The van der Waals surface area contributed by atoms with Crippen LogP contribution in [-0.2, 0) is 14.3 Å². The first-order valence-corrected chi connectivity index (χ1v) is 7.02. The van der Waals surface area contributed by atoms with Crippen molar-refractivity contribution in [3.05, 3.63) is 24.3 Å². The molecule has 1 fully saturated rings. The van der Waals surface area contributed by atoms with Gasteiger partial charge in [-0.15, -0.1) is 0 Å². The van der Waals surface area contributed by atoms with Crippen molar-refractivity contribution in [1.29, 1.82) is 0 Å². The number of ether oxygens (including phenoxy) is 2. The Bertz CT molecular complexity index is 479. The largest absolute Gasteiger partial charge is 0.494 e. The Kier molecular flexibility index (Phi) is 5.57. The fourth-order valence-corrected chi connectivity index (χ4v) is 2.06. The molecular formula is C15H19NO5. The lowest BCUT2D eigenvalue weighted by Gasteiger charge is -2.11. The standard InChI is InChI=1S/C15H19NO5/c17-14(18)4-2-9-20-12-7-5-11(6-8-12)16-15(19)13-3-1-10-21-13/h5-8,13H,1-4,9-10H2,(H,16,19)(H,17,18)/t13-/m0/s1. The monoisotopic (exact) mass is 293 g/mol. The topological polar surface area (TPSA) is 84.9 Å². The highest BCUT2D eigenvalue weighted by Crippen LogP contribution is 2.18. The van der Waals surface area contributed by atoms with Gasteiger partial charge in [-0.1, -0.05) is 0 Å². The van der Waals surface area contributed by atoms with E-state index < -0.39 is 5.97 Å². The van der Waals surface area contributed by atoms with E-state index in [0.29, 0.717) is 31.1 Å². The van der Waals surface area contributed by atoms with Crippen LogP contribution in [0.2, 0.25) is 0 Å². The molecule has 2 rings (SSSR count). The Morgan fingerprint density at radius 3 is 2.71 bits per heavy atom. The second-order valence-corrected chi connectivity index (χ2v) is 4.86. The highest BCUT2D eigenvalue weighted by molar-refractivity contribution is 5.94. The molecule has 0 unspecified atom stereocenters. The number of carboxylic acids is 1. The number of anilines is 1. The number of rotatable bonds is 7. The number of hydrogen-bond donors (Lipinski definition) is 2. The summed E-state index contributed by atoms with van der Waals surface area (Å²) in [5, 5.41) is 11.3. The minimum Gasteiger partial charge on any atom is -0.494 e. The van der Waals surface area contributed by atoms with Gasteiger partial charge in [-0.2, -0.15) is 0 Å². The molecule has 114 valence electrons. The predicted molar refractivity (Wildman–Crippen MR) is 76.4 cm³/mol. The minimum atomic E-state index is -0.828. The zero-order chi connectivity index (χ0) is 15.1. The van der Waals surface area contributed by atoms with Crippen molar-refractivity contribution in [2.45, 2.75) is 31.8 Å². The Morgan fingerprint density at radius 2 is 2.10 bits per heavy atom. The highest BCUT2D eigenvalue weighted by Gasteiger charge is 2.23. The van der Waals surface area contributed by atoms with Crippen molar-refractivity contribution in [2.24, 2.45) is 0 Å². The van der Waals surface area contributed by atoms with E-state index in [1.54, 1.807) is 24.3 Å². The van der Waals surface area contributed by atoms with Gasteiger partial charge in [-0.3, -0.25) is 9.59 Å². The normalized spacial score (nSPS) is 17.4. The fraction of sp³-hybridized carbons (Fsp3) is 0.467. The summed E-state index contributed by atoms with van der Waals surface area (Å²) in [6.45, 7) is 0.995. The molecule has 1 atom stereocenters. The minimum absolute atomic E-state index is 0.0928. The molecular weight excluding hydrogens is 274 g/mol. The summed E-state index contributed by atoms with van der Waals surface area (Å²) in [6.07, 6.45) is 1.89. The maximum Gasteiger partial charge on any atom is 0.303 e.